The minimum absolute atomic E-state index is 0.0586. The number of ether oxygens (including phenoxy) is 1. The quantitative estimate of drug-likeness (QED) is 0.744. The topological polar surface area (TPSA) is 80.6 Å². The molecule has 16 heavy (non-hydrogen) atoms. The van der Waals surface area contributed by atoms with Gasteiger partial charge in [0, 0.05) is 0 Å². The molecule has 0 bridgehead atoms. The maximum atomic E-state index is 11.4. The molecule has 0 saturated carbocycles. The molecular weight excluding hydrogens is 232 g/mol. The van der Waals surface area contributed by atoms with E-state index in [1.165, 1.54) is 13.1 Å². The maximum Gasteiger partial charge on any atom is 0.273 e. The van der Waals surface area contributed by atoms with Gasteiger partial charge >= 0.3 is 0 Å². The molecule has 0 aliphatic carbocycles. The molecule has 0 unspecified atom stereocenters. The molecule has 1 aromatic rings. The lowest BCUT2D eigenvalue weighted by Gasteiger charge is -2.26. The average Bonchev–Trinajstić information content (AvgIpc) is 2.65. The Labute approximate surface area is 94.0 Å². The fourth-order valence-corrected chi connectivity index (χ4v) is 1.96. The fraction of sp³-hybridized carbons (Fsp3) is 0.556. The van der Waals surface area contributed by atoms with Crippen LogP contribution in [-0.2, 0) is 21.3 Å². The number of rotatable bonds is 5. The predicted molar refractivity (Wildman–Crippen MR) is 56.4 cm³/mol. The SMILES string of the molecule is CNS(=O)(=O)c1ccc(CNC2COC2)o1. The van der Waals surface area contributed by atoms with Crippen LogP contribution in [0.2, 0.25) is 0 Å². The largest absolute Gasteiger partial charge is 0.447 e. The number of hydrogen-bond acceptors (Lipinski definition) is 5. The van der Waals surface area contributed by atoms with E-state index in [9.17, 15) is 8.42 Å². The molecule has 2 heterocycles. The van der Waals surface area contributed by atoms with Gasteiger partial charge in [0.15, 0.2) is 0 Å². The zero-order valence-corrected chi connectivity index (χ0v) is 9.71. The number of sulfonamides is 1. The summed E-state index contributed by atoms with van der Waals surface area (Å²) in [5.74, 6) is 0.598. The van der Waals surface area contributed by atoms with Crippen molar-refractivity contribution in [1.82, 2.24) is 10.0 Å². The van der Waals surface area contributed by atoms with Crippen molar-refractivity contribution in [2.24, 2.45) is 0 Å². The summed E-state index contributed by atoms with van der Waals surface area (Å²) in [6.07, 6.45) is 0. The molecule has 2 rings (SSSR count). The van der Waals surface area contributed by atoms with Gasteiger partial charge in [0.1, 0.15) is 5.76 Å². The normalized spacial score (nSPS) is 17.3. The van der Waals surface area contributed by atoms with Crippen molar-refractivity contribution in [1.29, 1.82) is 0 Å². The highest BCUT2D eigenvalue weighted by atomic mass is 32.2. The molecule has 1 aromatic heterocycles. The van der Waals surface area contributed by atoms with Crippen LogP contribution in [0.3, 0.4) is 0 Å². The van der Waals surface area contributed by atoms with Gasteiger partial charge in [-0.15, -0.1) is 0 Å². The lowest BCUT2D eigenvalue weighted by Crippen LogP contribution is -2.45. The highest BCUT2D eigenvalue weighted by Crippen LogP contribution is 2.13. The molecule has 0 atom stereocenters. The monoisotopic (exact) mass is 246 g/mol. The average molecular weight is 246 g/mol. The molecule has 2 N–H and O–H groups in total. The van der Waals surface area contributed by atoms with Gasteiger partial charge in [0.25, 0.3) is 10.0 Å². The Kier molecular flexibility index (Phi) is 3.29. The van der Waals surface area contributed by atoms with Gasteiger partial charge in [0.2, 0.25) is 5.09 Å². The Morgan fingerprint density at radius 1 is 1.44 bits per heavy atom. The third-order valence-corrected chi connectivity index (χ3v) is 3.66. The molecule has 0 radical (unpaired) electrons. The Morgan fingerprint density at radius 3 is 2.75 bits per heavy atom. The van der Waals surface area contributed by atoms with Crippen molar-refractivity contribution in [3.8, 4) is 0 Å². The van der Waals surface area contributed by atoms with Crippen molar-refractivity contribution in [3.63, 3.8) is 0 Å². The van der Waals surface area contributed by atoms with Crippen LogP contribution in [0.25, 0.3) is 0 Å². The van der Waals surface area contributed by atoms with E-state index < -0.39 is 10.0 Å². The summed E-state index contributed by atoms with van der Waals surface area (Å²) in [6.45, 7) is 1.90. The van der Waals surface area contributed by atoms with Crippen LogP contribution in [0.1, 0.15) is 5.76 Å². The molecule has 1 aliphatic heterocycles. The van der Waals surface area contributed by atoms with E-state index >= 15 is 0 Å². The molecule has 0 amide bonds. The molecule has 0 spiro atoms. The molecular formula is C9H14N2O4S. The minimum atomic E-state index is -3.48. The predicted octanol–water partition coefficient (Wildman–Crippen LogP) is -0.324. The standard InChI is InChI=1S/C9H14N2O4S/c1-10-16(12,13)9-3-2-8(15-9)4-11-7-5-14-6-7/h2-3,7,10-11H,4-6H2,1H3. The van der Waals surface area contributed by atoms with Crippen LogP contribution < -0.4 is 10.0 Å². The first-order valence-corrected chi connectivity index (χ1v) is 6.43. The van der Waals surface area contributed by atoms with Crippen LogP contribution in [0.4, 0.5) is 0 Å². The lowest BCUT2D eigenvalue weighted by molar-refractivity contribution is -0.00652. The van der Waals surface area contributed by atoms with Gasteiger partial charge in [-0.1, -0.05) is 0 Å². The second kappa shape index (κ2) is 4.54. The Bertz CT molecular complexity index is 450. The highest BCUT2D eigenvalue weighted by Gasteiger charge is 2.19. The zero-order valence-electron chi connectivity index (χ0n) is 8.89. The van der Waals surface area contributed by atoms with Crippen LogP contribution in [0.15, 0.2) is 21.6 Å². The summed E-state index contributed by atoms with van der Waals surface area (Å²) in [7, 11) is -2.13. The molecule has 1 aliphatic rings. The molecule has 90 valence electrons. The molecule has 1 fully saturated rings. The van der Waals surface area contributed by atoms with E-state index in [0.29, 0.717) is 31.6 Å². The fourth-order valence-electron chi connectivity index (χ4n) is 1.30. The number of nitrogens with one attached hydrogen (secondary N) is 2. The van der Waals surface area contributed by atoms with Gasteiger partial charge in [-0.2, -0.15) is 0 Å². The van der Waals surface area contributed by atoms with Gasteiger partial charge < -0.3 is 14.5 Å². The van der Waals surface area contributed by atoms with Crippen LogP contribution in [-0.4, -0.2) is 34.7 Å². The Morgan fingerprint density at radius 2 is 2.19 bits per heavy atom. The maximum absolute atomic E-state index is 11.4. The molecule has 0 aromatic carbocycles. The first kappa shape index (κ1) is 11.6. The molecule has 7 heteroatoms. The van der Waals surface area contributed by atoms with Gasteiger partial charge in [-0.05, 0) is 19.2 Å². The summed E-state index contributed by atoms with van der Waals surface area (Å²) >= 11 is 0. The van der Waals surface area contributed by atoms with Crippen molar-refractivity contribution in [2.75, 3.05) is 20.3 Å². The van der Waals surface area contributed by atoms with E-state index in [0.717, 1.165) is 0 Å². The molecule has 6 nitrogen and oxygen atoms in total. The lowest BCUT2D eigenvalue weighted by atomic mass is 10.2. The van der Waals surface area contributed by atoms with E-state index in [2.05, 4.69) is 10.0 Å². The Balaban J connectivity index is 1.96. The third kappa shape index (κ3) is 2.43. The van der Waals surface area contributed by atoms with Gasteiger partial charge in [-0.3, -0.25) is 0 Å². The van der Waals surface area contributed by atoms with Crippen molar-refractivity contribution in [2.45, 2.75) is 17.7 Å². The minimum Gasteiger partial charge on any atom is -0.447 e. The van der Waals surface area contributed by atoms with Crippen LogP contribution >= 0.6 is 0 Å². The van der Waals surface area contributed by atoms with Crippen LogP contribution in [0, 0.1) is 0 Å². The van der Waals surface area contributed by atoms with E-state index in [1.807, 2.05) is 0 Å². The summed E-state index contributed by atoms with van der Waals surface area (Å²) in [4.78, 5) is 0. The van der Waals surface area contributed by atoms with Gasteiger partial charge in [-0.25, -0.2) is 13.1 Å². The highest BCUT2D eigenvalue weighted by molar-refractivity contribution is 7.89. The van der Waals surface area contributed by atoms with Crippen molar-refractivity contribution >= 4 is 10.0 Å². The van der Waals surface area contributed by atoms with Crippen LogP contribution in [0.5, 0.6) is 0 Å². The summed E-state index contributed by atoms with van der Waals surface area (Å²) in [5, 5.41) is 3.13. The van der Waals surface area contributed by atoms with E-state index in [1.54, 1.807) is 6.07 Å². The van der Waals surface area contributed by atoms with Gasteiger partial charge in [0.05, 0.1) is 25.8 Å². The zero-order chi connectivity index (χ0) is 11.6. The summed E-state index contributed by atoms with van der Waals surface area (Å²) in [6, 6.07) is 3.44. The second-order valence-corrected chi connectivity index (χ2v) is 5.36. The summed E-state index contributed by atoms with van der Waals surface area (Å²) in [5.41, 5.74) is 0. The van der Waals surface area contributed by atoms with Crippen molar-refractivity contribution in [3.05, 3.63) is 17.9 Å². The van der Waals surface area contributed by atoms with E-state index in [4.69, 9.17) is 9.15 Å². The molecule has 1 saturated heterocycles. The third-order valence-electron chi connectivity index (χ3n) is 2.37. The second-order valence-electron chi connectivity index (χ2n) is 3.54. The summed E-state index contributed by atoms with van der Waals surface area (Å²) < 4.78 is 35.2. The first-order valence-electron chi connectivity index (χ1n) is 4.95. The Hall–Kier alpha value is -0.890. The smallest absolute Gasteiger partial charge is 0.273 e. The first-order chi connectivity index (χ1) is 7.62. The number of hydrogen-bond donors (Lipinski definition) is 2. The number of furan rings is 1. The van der Waals surface area contributed by atoms with Crippen molar-refractivity contribution < 1.29 is 17.6 Å². The van der Waals surface area contributed by atoms with E-state index in [-0.39, 0.29) is 5.09 Å².